The van der Waals surface area contributed by atoms with E-state index in [1.54, 1.807) is 0 Å². The molecule has 0 bridgehead atoms. The lowest BCUT2D eigenvalue weighted by atomic mass is 10.1. The zero-order valence-corrected chi connectivity index (χ0v) is 16.0. The Hall–Kier alpha value is -1.65. The first-order valence-corrected chi connectivity index (χ1v) is 9.22. The Bertz CT molecular complexity index is 701. The SMILES string of the molecule is Cc1ccc(CN2CCN(/N=C/c3ccc(Br)cc3)CC2)c(C)c1. The molecule has 0 aliphatic carbocycles. The van der Waals surface area contributed by atoms with Gasteiger partial charge in [0, 0.05) is 37.2 Å². The smallest absolute Gasteiger partial charge is 0.0542 e. The van der Waals surface area contributed by atoms with Gasteiger partial charge in [-0.2, -0.15) is 5.10 Å². The van der Waals surface area contributed by atoms with Gasteiger partial charge in [0.05, 0.1) is 6.21 Å². The summed E-state index contributed by atoms with van der Waals surface area (Å²) in [6, 6.07) is 15.0. The Morgan fingerprint density at radius 3 is 2.38 bits per heavy atom. The minimum atomic E-state index is 0.984. The molecule has 1 aliphatic heterocycles. The quantitative estimate of drug-likeness (QED) is 0.733. The number of aryl methyl sites for hydroxylation is 2. The molecule has 4 heteroatoms. The van der Waals surface area contributed by atoms with E-state index in [2.05, 4.69) is 75.1 Å². The predicted octanol–water partition coefficient (Wildman–Crippen LogP) is 4.22. The summed E-state index contributed by atoms with van der Waals surface area (Å²) in [6.07, 6.45) is 1.95. The van der Waals surface area contributed by atoms with Crippen molar-refractivity contribution in [2.24, 2.45) is 5.10 Å². The Balaban J connectivity index is 1.51. The fourth-order valence-corrected chi connectivity index (χ4v) is 3.24. The summed E-state index contributed by atoms with van der Waals surface area (Å²) < 4.78 is 1.10. The molecular formula is C20H24BrN3. The molecule has 0 aromatic heterocycles. The van der Waals surface area contributed by atoms with E-state index in [0.29, 0.717) is 0 Å². The summed E-state index contributed by atoms with van der Waals surface area (Å²) in [6.45, 7) is 9.49. The van der Waals surface area contributed by atoms with Crippen molar-refractivity contribution >= 4 is 22.1 Å². The summed E-state index contributed by atoms with van der Waals surface area (Å²) >= 11 is 3.46. The van der Waals surface area contributed by atoms with Gasteiger partial charge in [-0.1, -0.05) is 51.8 Å². The van der Waals surface area contributed by atoms with E-state index in [1.165, 1.54) is 16.7 Å². The molecule has 1 heterocycles. The van der Waals surface area contributed by atoms with Crippen LogP contribution in [-0.4, -0.2) is 42.3 Å². The molecule has 0 atom stereocenters. The van der Waals surface area contributed by atoms with Gasteiger partial charge in [-0.3, -0.25) is 9.91 Å². The molecule has 0 saturated carbocycles. The van der Waals surface area contributed by atoms with Gasteiger partial charge in [0.1, 0.15) is 0 Å². The van der Waals surface area contributed by atoms with Crippen LogP contribution in [0.5, 0.6) is 0 Å². The van der Waals surface area contributed by atoms with Gasteiger partial charge in [-0.05, 0) is 42.7 Å². The average Bonchev–Trinajstić information content (AvgIpc) is 2.58. The first-order chi connectivity index (χ1) is 11.6. The van der Waals surface area contributed by atoms with Crippen LogP contribution in [0, 0.1) is 13.8 Å². The third kappa shape index (κ3) is 4.68. The number of piperazine rings is 1. The second-order valence-corrected chi connectivity index (χ2v) is 7.37. The fraction of sp³-hybridized carbons (Fsp3) is 0.350. The van der Waals surface area contributed by atoms with E-state index in [-0.39, 0.29) is 0 Å². The molecule has 3 nitrogen and oxygen atoms in total. The minimum absolute atomic E-state index is 0.984. The van der Waals surface area contributed by atoms with Crippen molar-refractivity contribution in [3.05, 3.63) is 69.2 Å². The Morgan fingerprint density at radius 1 is 1.00 bits per heavy atom. The standard InChI is InChI=1S/C20H24BrN3/c1-16-3-6-19(17(2)13-16)15-23-9-11-24(12-10-23)22-14-18-4-7-20(21)8-5-18/h3-8,13-14H,9-12,15H2,1-2H3/b22-14+. The van der Waals surface area contributed by atoms with E-state index in [1.807, 2.05) is 18.3 Å². The highest BCUT2D eigenvalue weighted by molar-refractivity contribution is 9.10. The Labute approximate surface area is 153 Å². The van der Waals surface area contributed by atoms with Crippen LogP contribution in [0.15, 0.2) is 52.0 Å². The second-order valence-electron chi connectivity index (χ2n) is 6.46. The van der Waals surface area contributed by atoms with Crippen LogP contribution in [0.4, 0.5) is 0 Å². The molecule has 2 aromatic rings. The van der Waals surface area contributed by atoms with E-state index >= 15 is 0 Å². The minimum Gasteiger partial charge on any atom is -0.295 e. The number of rotatable bonds is 4. The van der Waals surface area contributed by atoms with Crippen molar-refractivity contribution in [3.63, 3.8) is 0 Å². The largest absolute Gasteiger partial charge is 0.295 e. The summed E-state index contributed by atoms with van der Waals surface area (Å²) in [5.41, 5.74) is 5.30. The Morgan fingerprint density at radius 2 is 1.71 bits per heavy atom. The van der Waals surface area contributed by atoms with Crippen LogP contribution in [0.3, 0.4) is 0 Å². The van der Waals surface area contributed by atoms with Gasteiger partial charge in [-0.25, -0.2) is 0 Å². The highest BCUT2D eigenvalue weighted by Gasteiger charge is 2.16. The number of halogens is 1. The first-order valence-electron chi connectivity index (χ1n) is 8.43. The van der Waals surface area contributed by atoms with Crippen molar-refractivity contribution in [2.75, 3.05) is 26.2 Å². The van der Waals surface area contributed by atoms with Crippen molar-refractivity contribution in [1.29, 1.82) is 0 Å². The molecule has 1 fully saturated rings. The molecule has 126 valence electrons. The van der Waals surface area contributed by atoms with Gasteiger partial charge in [0.15, 0.2) is 0 Å². The van der Waals surface area contributed by atoms with Crippen molar-refractivity contribution < 1.29 is 0 Å². The maximum atomic E-state index is 4.62. The van der Waals surface area contributed by atoms with E-state index in [0.717, 1.165) is 42.8 Å². The number of benzene rings is 2. The molecule has 2 aromatic carbocycles. The zero-order chi connectivity index (χ0) is 16.9. The van der Waals surface area contributed by atoms with E-state index in [9.17, 15) is 0 Å². The second kappa shape index (κ2) is 7.95. The highest BCUT2D eigenvalue weighted by Crippen LogP contribution is 2.15. The van der Waals surface area contributed by atoms with Gasteiger partial charge in [0.25, 0.3) is 0 Å². The molecular weight excluding hydrogens is 362 g/mol. The van der Waals surface area contributed by atoms with Crippen LogP contribution >= 0.6 is 15.9 Å². The third-order valence-electron chi connectivity index (χ3n) is 4.48. The lowest BCUT2D eigenvalue weighted by Crippen LogP contribution is -2.43. The number of nitrogens with zero attached hydrogens (tertiary/aromatic N) is 3. The molecule has 3 rings (SSSR count). The molecule has 0 amide bonds. The van der Waals surface area contributed by atoms with Gasteiger partial charge >= 0.3 is 0 Å². The monoisotopic (exact) mass is 385 g/mol. The molecule has 0 radical (unpaired) electrons. The molecule has 1 aliphatic rings. The third-order valence-corrected chi connectivity index (χ3v) is 5.01. The van der Waals surface area contributed by atoms with Gasteiger partial charge < -0.3 is 0 Å². The summed E-state index contributed by atoms with van der Waals surface area (Å²) in [5, 5.41) is 6.79. The maximum absolute atomic E-state index is 4.62. The van der Waals surface area contributed by atoms with Crippen LogP contribution in [0.2, 0.25) is 0 Å². The van der Waals surface area contributed by atoms with E-state index < -0.39 is 0 Å². The average molecular weight is 386 g/mol. The lowest BCUT2D eigenvalue weighted by Gasteiger charge is -2.33. The topological polar surface area (TPSA) is 18.8 Å². The summed E-state index contributed by atoms with van der Waals surface area (Å²) in [5.74, 6) is 0. The van der Waals surface area contributed by atoms with Crippen LogP contribution in [0.25, 0.3) is 0 Å². The van der Waals surface area contributed by atoms with Crippen molar-refractivity contribution in [3.8, 4) is 0 Å². The molecule has 0 spiro atoms. The Kier molecular flexibility index (Phi) is 5.69. The number of hydrogen-bond acceptors (Lipinski definition) is 3. The first kappa shape index (κ1) is 17.2. The normalized spacial score (nSPS) is 16.0. The molecule has 1 saturated heterocycles. The van der Waals surface area contributed by atoms with Crippen molar-refractivity contribution in [2.45, 2.75) is 20.4 Å². The summed E-state index contributed by atoms with van der Waals surface area (Å²) in [4.78, 5) is 2.52. The highest BCUT2D eigenvalue weighted by atomic mass is 79.9. The predicted molar refractivity (Wildman–Crippen MR) is 105 cm³/mol. The van der Waals surface area contributed by atoms with Crippen molar-refractivity contribution in [1.82, 2.24) is 9.91 Å². The van der Waals surface area contributed by atoms with Crippen LogP contribution < -0.4 is 0 Å². The van der Waals surface area contributed by atoms with Crippen LogP contribution in [0.1, 0.15) is 22.3 Å². The van der Waals surface area contributed by atoms with Gasteiger partial charge in [0.2, 0.25) is 0 Å². The fourth-order valence-electron chi connectivity index (χ4n) is 2.97. The molecule has 0 N–H and O–H groups in total. The maximum Gasteiger partial charge on any atom is 0.0542 e. The zero-order valence-electron chi connectivity index (χ0n) is 14.4. The molecule has 0 unspecified atom stereocenters. The van der Waals surface area contributed by atoms with Crippen LogP contribution in [-0.2, 0) is 6.54 Å². The van der Waals surface area contributed by atoms with Gasteiger partial charge in [-0.15, -0.1) is 0 Å². The lowest BCUT2D eigenvalue weighted by molar-refractivity contribution is 0.131. The molecule has 24 heavy (non-hydrogen) atoms. The number of hydrogen-bond donors (Lipinski definition) is 0. The van der Waals surface area contributed by atoms with E-state index in [4.69, 9.17) is 0 Å². The number of hydrazone groups is 1. The summed E-state index contributed by atoms with van der Waals surface area (Å²) in [7, 11) is 0.